The van der Waals surface area contributed by atoms with Crippen LogP contribution >= 0.6 is 0 Å². The third-order valence-corrected chi connectivity index (χ3v) is 3.49. The van der Waals surface area contributed by atoms with Crippen molar-refractivity contribution in [3.63, 3.8) is 0 Å². The molecule has 0 saturated heterocycles. The summed E-state index contributed by atoms with van der Waals surface area (Å²) in [5.41, 5.74) is 0.203. The maximum absolute atomic E-state index is 12.5. The Labute approximate surface area is 125 Å². The van der Waals surface area contributed by atoms with E-state index in [-0.39, 0.29) is 22.8 Å². The van der Waals surface area contributed by atoms with Gasteiger partial charge in [-0.25, -0.2) is 4.98 Å². The number of nitrogens with zero attached hydrogens (tertiary/aromatic N) is 2. The van der Waals surface area contributed by atoms with Crippen molar-refractivity contribution in [2.45, 2.75) is 0 Å². The van der Waals surface area contributed by atoms with Crippen LogP contribution in [0.25, 0.3) is 11.3 Å². The lowest BCUT2D eigenvalue weighted by Crippen LogP contribution is -2.32. The van der Waals surface area contributed by atoms with E-state index < -0.39 is 17.1 Å². The van der Waals surface area contributed by atoms with Crippen molar-refractivity contribution in [3.8, 4) is 11.3 Å². The zero-order valence-corrected chi connectivity index (χ0v) is 12.0. The minimum atomic E-state index is -0.524. The average Bonchev–Trinajstić information content (AvgIpc) is 2.54. The van der Waals surface area contributed by atoms with Gasteiger partial charge in [-0.2, -0.15) is 0 Å². The van der Waals surface area contributed by atoms with E-state index >= 15 is 0 Å². The molecule has 110 valence electrons. The molecule has 0 atom stereocenters. The molecule has 2 aromatic rings. The summed E-state index contributed by atoms with van der Waals surface area (Å²) >= 11 is 0. The number of benzene rings is 1. The van der Waals surface area contributed by atoms with Crippen molar-refractivity contribution in [2.24, 2.45) is 7.05 Å². The third kappa shape index (κ3) is 1.96. The van der Waals surface area contributed by atoms with Crippen LogP contribution in [-0.4, -0.2) is 28.2 Å². The maximum Gasteiger partial charge on any atom is 0.277 e. The number of ether oxygens (including phenoxy) is 1. The van der Waals surface area contributed by atoms with E-state index in [9.17, 15) is 14.4 Å². The molecule has 22 heavy (non-hydrogen) atoms. The Morgan fingerprint density at radius 1 is 1.05 bits per heavy atom. The van der Waals surface area contributed by atoms with Gasteiger partial charge in [0.25, 0.3) is 5.56 Å². The van der Waals surface area contributed by atoms with E-state index in [1.807, 2.05) is 6.07 Å². The van der Waals surface area contributed by atoms with Crippen LogP contribution in [0.1, 0.15) is 21.0 Å². The molecular formula is C16H12N2O4. The first-order chi connectivity index (χ1) is 10.5. The number of carbonyl (C=O) groups is 2. The fraction of sp³-hybridized carbons (Fsp3) is 0.125. The Bertz CT molecular complexity index is 879. The number of hydrogen-bond donors (Lipinski definition) is 0. The molecule has 0 spiro atoms. The summed E-state index contributed by atoms with van der Waals surface area (Å²) in [7, 11) is 2.74. The first kappa shape index (κ1) is 13.9. The lowest BCUT2D eigenvalue weighted by molar-refractivity contribution is 0.0904. The SMILES string of the molecule is COC1=CC(=O)c2nc(-c3ccccc3)c(=O)n(C)c2C1=O. The molecule has 0 N–H and O–H groups in total. The highest BCUT2D eigenvalue weighted by Gasteiger charge is 2.31. The average molecular weight is 296 g/mol. The molecule has 1 aromatic heterocycles. The standard InChI is InChI=1S/C16H12N2O4/c1-18-14-13(10(19)8-11(22-2)15(14)20)17-12(16(18)21)9-6-4-3-5-7-9/h3-8H,1-2H3. The van der Waals surface area contributed by atoms with E-state index in [4.69, 9.17) is 4.74 Å². The number of methoxy groups -OCH3 is 1. The zero-order chi connectivity index (χ0) is 15.9. The van der Waals surface area contributed by atoms with Gasteiger partial charge in [0, 0.05) is 18.7 Å². The van der Waals surface area contributed by atoms with Gasteiger partial charge in [0.2, 0.25) is 11.6 Å². The Morgan fingerprint density at radius 3 is 2.36 bits per heavy atom. The van der Waals surface area contributed by atoms with Crippen molar-refractivity contribution >= 4 is 11.6 Å². The van der Waals surface area contributed by atoms with Crippen LogP contribution in [0.2, 0.25) is 0 Å². The van der Waals surface area contributed by atoms with Crippen molar-refractivity contribution in [2.75, 3.05) is 7.11 Å². The van der Waals surface area contributed by atoms with Crippen molar-refractivity contribution in [3.05, 3.63) is 63.9 Å². The maximum atomic E-state index is 12.5. The van der Waals surface area contributed by atoms with Crippen LogP contribution in [0, 0.1) is 0 Å². The van der Waals surface area contributed by atoms with Crippen molar-refractivity contribution < 1.29 is 14.3 Å². The monoisotopic (exact) mass is 296 g/mol. The normalized spacial score (nSPS) is 13.6. The fourth-order valence-electron chi connectivity index (χ4n) is 2.37. The molecule has 0 saturated carbocycles. The topological polar surface area (TPSA) is 78.3 Å². The molecule has 0 amide bonds. The van der Waals surface area contributed by atoms with Crippen LogP contribution in [0.3, 0.4) is 0 Å². The van der Waals surface area contributed by atoms with Crippen LogP contribution in [0.5, 0.6) is 0 Å². The Morgan fingerprint density at radius 2 is 1.73 bits per heavy atom. The van der Waals surface area contributed by atoms with Gasteiger partial charge in [0.05, 0.1) is 7.11 Å². The first-order valence-electron chi connectivity index (χ1n) is 6.55. The number of rotatable bonds is 2. The molecule has 1 aromatic carbocycles. The molecule has 0 bridgehead atoms. The summed E-state index contributed by atoms with van der Waals surface area (Å²) < 4.78 is 6.04. The van der Waals surface area contributed by atoms with Gasteiger partial charge in [-0.05, 0) is 0 Å². The first-order valence-corrected chi connectivity index (χ1v) is 6.55. The fourth-order valence-corrected chi connectivity index (χ4v) is 2.37. The van der Waals surface area contributed by atoms with E-state index in [1.54, 1.807) is 24.3 Å². The number of Topliss-reactive ketones (excluding diaryl/α,β-unsaturated/α-hetero) is 1. The Balaban J connectivity index is 2.30. The molecule has 6 nitrogen and oxygen atoms in total. The minimum Gasteiger partial charge on any atom is -0.492 e. The lowest BCUT2D eigenvalue weighted by atomic mass is 10.0. The van der Waals surface area contributed by atoms with Crippen LogP contribution in [-0.2, 0) is 11.8 Å². The summed E-state index contributed by atoms with van der Waals surface area (Å²) in [5.74, 6) is -1.08. The quantitative estimate of drug-likeness (QED) is 0.836. The van der Waals surface area contributed by atoms with E-state index in [2.05, 4.69) is 4.98 Å². The molecule has 0 aliphatic heterocycles. The Kier molecular flexibility index (Phi) is 3.21. The van der Waals surface area contributed by atoms with Crippen LogP contribution in [0.15, 0.2) is 47.0 Å². The number of fused-ring (bicyclic) bond motifs is 1. The molecule has 1 heterocycles. The van der Waals surface area contributed by atoms with Gasteiger partial charge < -0.3 is 9.30 Å². The van der Waals surface area contributed by atoms with E-state index in [0.29, 0.717) is 5.56 Å². The van der Waals surface area contributed by atoms with Crippen LogP contribution in [0.4, 0.5) is 0 Å². The lowest BCUT2D eigenvalue weighted by Gasteiger charge is -2.17. The number of hydrogen-bond acceptors (Lipinski definition) is 5. The van der Waals surface area contributed by atoms with Gasteiger partial charge in [0.1, 0.15) is 17.1 Å². The largest absolute Gasteiger partial charge is 0.492 e. The molecule has 0 fully saturated rings. The van der Waals surface area contributed by atoms with Crippen LogP contribution < -0.4 is 5.56 Å². The van der Waals surface area contributed by atoms with E-state index in [1.165, 1.54) is 14.2 Å². The van der Waals surface area contributed by atoms with Gasteiger partial charge in [-0.1, -0.05) is 30.3 Å². The predicted molar refractivity (Wildman–Crippen MR) is 78.7 cm³/mol. The Hall–Kier alpha value is -3.02. The van der Waals surface area contributed by atoms with Crippen molar-refractivity contribution in [1.29, 1.82) is 0 Å². The van der Waals surface area contributed by atoms with Crippen molar-refractivity contribution in [1.82, 2.24) is 9.55 Å². The second kappa shape index (κ2) is 5.07. The van der Waals surface area contributed by atoms with Gasteiger partial charge in [0.15, 0.2) is 5.76 Å². The molecule has 6 heteroatoms. The summed E-state index contributed by atoms with van der Waals surface area (Å²) in [6.07, 6.45) is 1.09. The molecule has 3 rings (SSSR count). The van der Waals surface area contributed by atoms with Gasteiger partial charge in [-0.3, -0.25) is 14.4 Å². The highest BCUT2D eigenvalue weighted by atomic mass is 16.5. The predicted octanol–water partition coefficient (Wildman–Crippen LogP) is 1.36. The molecular weight excluding hydrogens is 284 g/mol. The second-order valence-corrected chi connectivity index (χ2v) is 4.79. The van der Waals surface area contributed by atoms with E-state index in [0.717, 1.165) is 10.6 Å². The van der Waals surface area contributed by atoms with Gasteiger partial charge >= 0.3 is 0 Å². The number of carbonyl (C=O) groups excluding carboxylic acids is 2. The molecule has 1 aliphatic carbocycles. The summed E-state index contributed by atoms with van der Waals surface area (Å²) in [4.78, 5) is 41.0. The number of allylic oxidation sites excluding steroid dienone is 2. The zero-order valence-electron chi connectivity index (χ0n) is 12.0. The summed E-state index contributed by atoms with van der Waals surface area (Å²) in [5, 5.41) is 0. The van der Waals surface area contributed by atoms with Gasteiger partial charge in [-0.15, -0.1) is 0 Å². The molecule has 1 aliphatic rings. The minimum absolute atomic E-state index is 0.0354. The summed E-state index contributed by atoms with van der Waals surface area (Å²) in [6, 6.07) is 8.80. The molecule has 0 radical (unpaired) electrons. The highest BCUT2D eigenvalue weighted by molar-refractivity contribution is 6.22. The number of ketones is 2. The highest BCUT2D eigenvalue weighted by Crippen LogP contribution is 2.21. The molecule has 0 unspecified atom stereocenters. The second-order valence-electron chi connectivity index (χ2n) is 4.79. The smallest absolute Gasteiger partial charge is 0.277 e. The number of aromatic nitrogens is 2. The third-order valence-electron chi connectivity index (χ3n) is 3.49. The summed E-state index contributed by atoms with van der Waals surface area (Å²) in [6.45, 7) is 0.